The van der Waals surface area contributed by atoms with Gasteiger partial charge in [0.2, 0.25) is 0 Å². The van der Waals surface area contributed by atoms with E-state index in [1.165, 1.54) is 0 Å². The molecule has 0 spiro atoms. The summed E-state index contributed by atoms with van der Waals surface area (Å²) < 4.78 is 5.25. The van der Waals surface area contributed by atoms with E-state index >= 15 is 0 Å². The first-order valence-corrected chi connectivity index (χ1v) is 6.47. The fourth-order valence-corrected chi connectivity index (χ4v) is 2.42. The lowest BCUT2D eigenvalue weighted by Crippen LogP contribution is -2.34. The van der Waals surface area contributed by atoms with Gasteiger partial charge < -0.3 is 14.9 Å². The van der Waals surface area contributed by atoms with Crippen molar-refractivity contribution in [1.29, 1.82) is 0 Å². The Kier molecular flexibility index (Phi) is 4.90. The predicted octanol–water partition coefficient (Wildman–Crippen LogP) is 0.752. The van der Waals surface area contributed by atoms with Crippen LogP contribution in [0.25, 0.3) is 0 Å². The van der Waals surface area contributed by atoms with E-state index < -0.39 is 5.97 Å². The smallest absolute Gasteiger partial charge is 0.335 e. The monoisotopic (exact) mass is 265 g/mol. The first kappa shape index (κ1) is 14.0. The van der Waals surface area contributed by atoms with Crippen LogP contribution in [-0.2, 0) is 17.7 Å². The second kappa shape index (κ2) is 6.65. The minimum atomic E-state index is -0.850. The summed E-state index contributed by atoms with van der Waals surface area (Å²) >= 11 is 0. The van der Waals surface area contributed by atoms with Crippen LogP contribution in [0.4, 0.5) is 0 Å². The molecule has 0 bridgehead atoms. The molecule has 2 N–H and O–H groups in total. The topological polar surface area (TPSA) is 70.0 Å². The van der Waals surface area contributed by atoms with E-state index in [4.69, 9.17) is 14.9 Å². The van der Waals surface area contributed by atoms with Crippen LogP contribution in [0.5, 0.6) is 0 Å². The largest absolute Gasteiger partial charge is 0.478 e. The SMILES string of the molecule is O=C(O)c1cccc2c1CCN(CCOCCO)C2. The second-order valence-electron chi connectivity index (χ2n) is 4.61. The van der Waals surface area contributed by atoms with E-state index in [1.54, 1.807) is 12.1 Å². The molecule has 0 unspecified atom stereocenters. The zero-order chi connectivity index (χ0) is 13.7. The lowest BCUT2D eigenvalue weighted by molar-refractivity contribution is 0.0682. The molecule has 1 aliphatic rings. The van der Waals surface area contributed by atoms with Crippen molar-refractivity contribution in [2.45, 2.75) is 13.0 Å². The minimum Gasteiger partial charge on any atom is -0.478 e. The molecule has 0 radical (unpaired) electrons. The predicted molar refractivity (Wildman–Crippen MR) is 70.3 cm³/mol. The first-order chi connectivity index (χ1) is 9.22. The van der Waals surface area contributed by atoms with Crippen molar-refractivity contribution in [2.24, 2.45) is 0 Å². The highest BCUT2D eigenvalue weighted by atomic mass is 16.5. The summed E-state index contributed by atoms with van der Waals surface area (Å²) in [4.78, 5) is 13.4. The molecule has 0 saturated heterocycles. The number of fused-ring (bicyclic) bond motifs is 1. The molecule has 0 saturated carbocycles. The quantitative estimate of drug-likeness (QED) is 0.743. The molecule has 1 aliphatic heterocycles. The van der Waals surface area contributed by atoms with Gasteiger partial charge in [0.25, 0.3) is 0 Å². The molecule has 0 fully saturated rings. The number of carbonyl (C=O) groups is 1. The minimum absolute atomic E-state index is 0.0464. The van der Waals surface area contributed by atoms with E-state index in [2.05, 4.69) is 4.90 Å². The van der Waals surface area contributed by atoms with Crippen LogP contribution >= 0.6 is 0 Å². The van der Waals surface area contributed by atoms with Gasteiger partial charge >= 0.3 is 5.97 Å². The fourth-order valence-electron chi connectivity index (χ4n) is 2.42. The third-order valence-corrected chi connectivity index (χ3v) is 3.36. The van der Waals surface area contributed by atoms with E-state index in [0.29, 0.717) is 18.8 Å². The second-order valence-corrected chi connectivity index (χ2v) is 4.61. The maximum absolute atomic E-state index is 11.1. The number of carboxylic acid groups (broad SMARTS) is 1. The standard InChI is InChI=1S/C14H19NO4/c16-7-9-19-8-6-15-5-4-12-11(10-15)2-1-3-13(12)14(17)18/h1-3,16H,4-10H2,(H,17,18). The molecule has 1 heterocycles. The van der Waals surface area contributed by atoms with Gasteiger partial charge in [-0.2, -0.15) is 0 Å². The highest BCUT2D eigenvalue weighted by molar-refractivity contribution is 5.89. The summed E-state index contributed by atoms with van der Waals surface area (Å²) in [7, 11) is 0. The van der Waals surface area contributed by atoms with Crippen molar-refractivity contribution in [3.05, 3.63) is 34.9 Å². The summed E-state index contributed by atoms with van der Waals surface area (Å²) in [6.07, 6.45) is 0.762. The summed E-state index contributed by atoms with van der Waals surface area (Å²) in [5, 5.41) is 17.8. The van der Waals surface area contributed by atoms with Gasteiger partial charge in [0, 0.05) is 19.6 Å². The molecule has 2 rings (SSSR count). The Morgan fingerprint density at radius 2 is 2.21 bits per heavy atom. The highest BCUT2D eigenvalue weighted by Crippen LogP contribution is 2.22. The summed E-state index contributed by atoms with van der Waals surface area (Å²) in [5.74, 6) is -0.850. The Hall–Kier alpha value is -1.43. The Bertz CT molecular complexity index is 447. The number of aromatic carboxylic acids is 1. The number of ether oxygens (including phenoxy) is 1. The number of nitrogens with zero attached hydrogens (tertiary/aromatic N) is 1. The highest BCUT2D eigenvalue weighted by Gasteiger charge is 2.20. The van der Waals surface area contributed by atoms with Crippen LogP contribution in [0.2, 0.25) is 0 Å². The number of hydrogen-bond acceptors (Lipinski definition) is 4. The van der Waals surface area contributed by atoms with Crippen molar-refractivity contribution >= 4 is 5.97 Å². The van der Waals surface area contributed by atoms with Crippen LogP contribution in [0.3, 0.4) is 0 Å². The molecular formula is C14H19NO4. The van der Waals surface area contributed by atoms with Gasteiger partial charge in [-0.15, -0.1) is 0 Å². The molecule has 1 aromatic carbocycles. The van der Waals surface area contributed by atoms with Gasteiger partial charge in [-0.25, -0.2) is 4.79 Å². The van der Waals surface area contributed by atoms with Crippen LogP contribution in [0.15, 0.2) is 18.2 Å². The van der Waals surface area contributed by atoms with Gasteiger partial charge in [-0.3, -0.25) is 4.90 Å². The number of rotatable bonds is 6. The molecule has 104 valence electrons. The van der Waals surface area contributed by atoms with Gasteiger partial charge in [0.15, 0.2) is 0 Å². The number of hydrogen-bond donors (Lipinski definition) is 2. The number of benzene rings is 1. The Balaban J connectivity index is 1.96. The van der Waals surface area contributed by atoms with Gasteiger partial charge in [0.1, 0.15) is 0 Å². The maximum atomic E-state index is 11.1. The Morgan fingerprint density at radius 3 is 2.95 bits per heavy atom. The normalized spacial score (nSPS) is 15.2. The summed E-state index contributed by atoms with van der Waals surface area (Å²) in [6.45, 7) is 3.42. The van der Waals surface area contributed by atoms with Gasteiger partial charge in [0.05, 0.1) is 25.4 Å². The van der Waals surface area contributed by atoms with E-state index in [9.17, 15) is 4.79 Å². The number of aliphatic hydroxyl groups is 1. The molecule has 0 atom stereocenters. The Labute approximate surface area is 112 Å². The summed E-state index contributed by atoms with van der Waals surface area (Å²) in [5.41, 5.74) is 2.48. The third kappa shape index (κ3) is 3.53. The number of carboxylic acids is 1. The van der Waals surface area contributed by atoms with Crippen molar-refractivity contribution in [1.82, 2.24) is 4.90 Å². The fraction of sp³-hybridized carbons (Fsp3) is 0.500. The average molecular weight is 265 g/mol. The molecular weight excluding hydrogens is 246 g/mol. The molecule has 5 nitrogen and oxygen atoms in total. The third-order valence-electron chi connectivity index (χ3n) is 3.36. The zero-order valence-corrected chi connectivity index (χ0v) is 10.8. The molecule has 0 aromatic heterocycles. The first-order valence-electron chi connectivity index (χ1n) is 6.47. The van der Waals surface area contributed by atoms with Crippen molar-refractivity contribution in [3.8, 4) is 0 Å². The van der Waals surface area contributed by atoms with Crippen LogP contribution in [-0.4, -0.2) is 54.0 Å². The maximum Gasteiger partial charge on any atom is 0.335 e. The molecule has 0 aliphatic carbocycles. The van der Waals surface area contributed by atoms with Crippen LogP contribution < -0.4 is 0 Å². The van der Waals surface area contributed by atoms with E-state index in [0.717, 1.165) is 37.2 Å². The van der Waals surface area contributed by atoms with Crippen molar-refractivity contribution < 1.29 is 19.7 Å². The van der Waals surface area contributed by atoms with Crippen molar-refractivity contribution in [3.63, 3.8) is 0 Å². The van der Waals surface area contributed by atoms with Gasteiger partial charge in [-0.1, -0.05) is 12.1 Å². The lowest BCUT2D eigenvalue weighted by Gasteiger charge is -2.29. The van der Waals surface area contributed by atoms with Crippen LogP contribution in [0.1, 0.15) is 21.5 Å². The zero-order valence-electron chi connectivity index (χ0n) is 10.8. The number of aliphatic hydroxyl groups excluding tert-OH is 1. The van der Waals surface area contributed by atoms with Crippen molar-refractivity contribution in [2.75, 3.05) is 32.9 Å². The Morgan fingerprint density at radius 1 is 1.37 bits per heavy atom. The summed E-state index contributed by atoms with van der Waals surface area (Å²) in [6, 6.07) is 5.46. The molecule has 19 heavy (non-hydrogen) atoms. The van der Waals surface area contributed by atoms with Gasteiger partial charge in [-0.05, 0) is 23.6 Å². The lowest BCUT2D eigenvalue weighted by atomic mass is 9.94. The molecule has 1 aromatic rings. The molecule has 0 amide bonds. The average Bonchev–Trinajstić information content (AvgIpc) is 2.42. The molecule has 5 heteroatoms. The van der Waals surface area contributed by atoms with E-state index in [1.807, 2.05) is 6.07 Å². The van der Waals surface area contributed by atoms with E-state index in [-0.39, 0.29) is 6.61 Å². The van der Waals surface area contributed by atoms with Crippen LogP contribution in [0, 0.1) is 0 Å².